The van der Waals surface area contributed by atoms with E-state index in [0.717, 1.165) is 11.5 Å². The van der Waals surface area contributed by atoms with Crippen molar-refractivity contribution in [3.63, 3.8) is 0 Å². The Morgan fingerprint density at radius 3 is 2.68 bits per heavy atom. The van der Waals surface area contributed by atoms with Gasteiger partial charge in [0.1, 0.15) is 11.5 Å². The first-order valence-electron chi connectivity index (χ1n) is 5.99. The lowest BCUT2D eigenvalue weighted by Gasteiger charge is -2.31. The van der Waals surface area contributed by atoms with Crippen molar-refractivity contribution >= 4 is 23.4 Å². The molecule has 1 aliphatic heterocycles. The van der Waals surface area contributed by atoms with Gasteiger partial charge in [-0.2, -0.15) is 0 Å². The molecule has 0 aliphatic carbocycles. The van der Waals surface area contributed by atoms with Crippen molar-refractivity contribution in [1.29, 1.82) is 0 Å². The van der Waals surface area contributed by atoms with Crippen LogP contribution in [0, 0.1) is 6.92 Å². The van der Waals surface area contributed by atoms with Gasteiger partial charge in [0, 0.05) is 13.1 Å². The lowest BCUT2D eigenvalue weighted by atomic mass is 10.1. The van der Waals surface area contributed by atoms with Crippen molar-refractivity contribution in [2.24, 2.45) is 0 Å². The third-order valence-electron chi connectivity index (χ3n) is 3.02. The predicted octanol–water partition coefficient (Wildman–Crippen LogP) is 0.552. The van der Waals surface area contributed by atoms with Crippen molar-refractivity contribution in [3.05, 3.63) is 10.6 Å². The van der Waals surface area contributed by atoms with Crippen LogP contribution in [0.2, 0.25) is 0 Å². The maximum Gasteiger partial charge on any atom is 0.329 e. The van der Waals surface area contributed by atoms with Gasteiger partial charge in [-0.25, -0.2) is 4.79 Å². The number of carbonyl (C=O) groups is 2. The fourth-order valence-electron chi connectivity index (χ4n) is 1.99. The number of carboxylic acid groups (broad SMARTS) is 1. The average Bonchev–Trinajstić information content (AvgIpc) is 2.82. The molecule has 19 heavy (non-hydrogen) atoms. The Morgan fingerprint density at radius 1 is 1.47 bits per heavy atom. The lowest BCUT2D eigenvalue weighted by Crippen LogP contribution is -2.41. The van der Waals surface area contributed by atoms with Crippen molar-refractivity contribution < 1.29 is 19.4 Å². The number of likely N-dealkylation sites (tertiary alicyclic amines) is 1. The number of carbonyl (C=O) groups excluding carboxylic acids is 1. The molecule has 0 aromatic carbocycles. The topological polar surface area (TPSA) is 92.6 Å². The minimum Gasteiger partial charge on any atom is -0.480 e. The number of ether oxygens (including phenoxy) is 1. The third-order valence-corrected chi connectivity index (χ3v) is 3.83. The molecule has 1 saturated heterocycles. The van der Waals surface area contributed by atoms with Crippen LogP contribution in [0.15, 0.2) is 0 Å². The molecule has 0 bridgehead atoms. The average molecular weight is 285 g/mol. The summed E-state index contributed by atoms with van der Waals surface area (Å²) in [5.41, 5.74) is 0.652. The smallest absolute Gasteiger partial charge is 0.329 e. The number of amides is 1. The number of carboxylic acids is 1. The van der Waals surface area contributed by atoms with E-state index in [9.17, 15) is 9.59 Å². The van der Waals surface area contributed by atoms with Crippen LogP contribution in [0.25, 0.3) is 0 Å². The van der Waals surface area contributed by atoms with Crippen molar-refractivity contribution in [1.82, 2.24) is 14.5 Å². The first-order valence-corrected chi connectivity index (χ1v) is 6.77. The second-order valence-corrected chi connectivity index (χ2v) is 5.14. The molecular weight excluding hydrogens is 270 g/mol. The van der Waals surface area contributed by atoms with Crippen molar-refractivity contribution in [2.45, 2.75) is 25.9 Å². The van der Waals surface area contributed by atoms with Gasteiger partial charge < -0.3 is 14.7 Å². The Labute approximate surface area is 114 Å². The van der Waals surface area contributed by atoms with E-state index in [2.05, 4.69) is 9.59 Å². The fourth-order valence-corrected chi connectivity index (χ4v) is 2.61. The number of aliphatic carboxylic acids is 1. The maximum atomic E-state index is 12.2. The Bertz CT molecular complexity index is 468. The van der Waals surface area contributed by atoms with Gasteiger partial charge in [-0.3, -0.25) is 4.79 Å². The zero-order chi connectivity index (χ0) is 13.8. The number of rotatable bonds is 4. The molecule has 0 spiro atoms. The molecule has 8 heteroatoms. The Kier molecular flexibility index (Phi) is 4.43. The standard InChI is InChI=1S/C11H15N3O4S/c1-7-10(19-13-12-7)11(17)14-4-2-8(3-5-14)18-6-9(15)16/h8H,2-6H2,1H3,(H,15,16). The highest BCUT2D eigenvalue weighted by Gasteiger charge is 2.26. The van der Waals surface area contributed by atoms with Crippen LogP contribution in [-0.4, -0.2) is 57.3 Å². The van der Waals surface area contributed by atoms with Gasteiger partial charge in [0.25, 0.3) is 5.91 Å². The normalized spacial score (nSPS) is 16.6. The van der Waals surface area contributed by atoms with Crippen molar-refractivity contribution in [3.8, 4) is 0 Å². The van der Waals surface area contributed by atoms with Crippen LogP contribution in [0.5, 0.6) is 0 Å². The van der Waals surface area contributed by atoms with Crippen LogP contribution in [0.4, 0.5) is 0 Å². The molecule has 0 radical (unpaired) electrons. The van der Waals surface area contributed by atoms with E-state index in [1.807, 2.05) is 0 Å². The van der Waals surface area contributed by atoms with E-state index in [0.29, 0.717) is 36.5 Å². The van der Waals surface area contributed by atoms with Crippen molar-refractivity contribution in [2.75, 3.05) is 19.7 Å². The molecule has 104 valence electrons. The quantitative estimate of drug-likeness (QED) is 0.868. The van der Waals surface area contributed by atoms with E-state index in [4.69, 9.17) is 9.84 Å². The molecule has 1 N–H and O–H groups in total. The van der Waals surface area contributed by atoms with E-state index in [1.165, 1.54) is 0 Å². The number of hydrogen-bond acceptors (Lipinski definition) is 6. The molecule has 1 aromatic rings. The highest BCUT2D eigenvalue weighted by Crippen LogP contribution is 2.18. The molecule has 1 aliphatic rings. The number of aryl methyl sites for hydroxylation is 1. The molecule has 0 unspecified atom stereocenters. The minimum atomic E-state index is -0.968. The van der Waals surface area contributed by atoms with Gasteiger partial charge in [-0.1, -0.05) is 4.49 Å². The highest BCUT2D eigenvalue weighted by molar-refractivity contribution is 7.07. The van der Waals surface area contributed by atoms with Crippen LogP contribution < -0.4 is 0 Å². The summed E-state index contributed by atoms with van der Waals surface area (Å²) in [5, 5.41) is 12.4. The van der Waals surface area contributed by atoms with Gasteiger partial charge in [0.15, 0.2) is 0 Å². The van der Waals surface area contributed by atoms with Gasteiger partial charge in [0.2, 0.25) is 0 Å². The molecule has 2 rings (SSSR count). The van der Waals surface area contributed by atoms with Crippen LogP contribution in [0.3, 0.4) is 0 Å². The van der Waals surface area contributed by atoms with Crippen LogP contribution >= 0.6 is 11.5 Å². The van der Waals surface area contributed by atoms with E-state index >= 15 is 0 Å². The van der Waals surface area contributed by atoms with E-state index in [1.54, 1.807) is 11.8 Å². The molecule has 0 atom stereocenters. The molecule has 1 fully saturated rings. The van der Waals surface area contributed by atoms with Gasteiger partial charge in [0.05, 0.1) is 11.8 Å². The summed E-state index contributed by atoms with van der Waals surface area (Å²) in [6.07, 6.45) is 1.23. The van der Waals surface area contributed by atoms with Gasteiger partial charge >= 0.3 is 5.97 Å². The fraction of sp³-hybridized carbons (Fsp3) is 0.636. The number of hydrogen-bond donors (Lipinski definition) is 1. The number of piperidine rings is 1. The summed E-state index contributed by atoms with van der Waals surface area (Å²) >= 11 is 1.10. The van der Waals surface area contributed by atoms with Gasteiger partial charge in [-0.05, 0) is 31.3 Å². The molecule has 1 amide bonds. The number of aromatic nitrogens is 2. The lowest BCUT2D eigenvalue weighted by molar-refractivity contribution is -0.145. The summed E-state index contributed by atoms with van der Waals surface area (Å²) in [7, 11) is 0. The second-order valence-electron chi connectivity index (χ2n) is 4.38. The van der Waals surface area contributed by atoms with Gasteiger partial charge in [-0.15, -0.1) is 5.10 Å². The Morgan fingerprint density at radius 2 is 2.16 bits per heavy atom. The largest absolute Gasteiger partial charge is 0.480 e. The first-order chi connectivity index (χ1) is 9.08. The molecular formula is C11H15N3O4S. The summed E-state index contributed by atoms with van der Waals surface area (Å²) in [5.74, 6) is -1.02. The second kappa shape index (κ2) is 6.07. The van der Waals surface area contributed by atoms with Crippen LogP contribution in [-0.2, 0) is 9.53 Å². The first kappa shape index (κ1) is 13.9. The Hall–Kier alpha value is -1.54. The zero-order valence-corrected chi connectivity index (χ0v) is 11.4. The van der Waals surface area contributed by atoms with E-state index < -0.39 is 5.97 Å². The Balaban J connectivity index is 1.85. The molecule has 7 nitrogen and oxygen atoms in total. The molecule has 2 heterocycles. The maximum absolute atomic E-state index is 12.2. The monoisotopic (exact) mass is 285 g/mol. The third kappa shape index (κ3) is 3.48. The summed E-state index contributed by atoms with van der Waals surface area (Å²) in [6.45, 7) is 2.62. The molecule has 1 aromatic heterocycles. The summed E-state index contributed by atoms with van der Waals surface area (Å²) in [4.78, 5) is 24.9. The molecule has 0 saturated carbocycles. The number of nitrogens with zero attached hydrogens (tertiary/aromatic N) is 3. The minimum absolute atomic E-state index is 0.0517. The summed E-state index contributed by atoms with van der Waals surface area (Å²) < 4.78 is 8.98. The predicted molar refractivity (Wildman–Crippen MR) is 67.2 cm³/mol. The summed E-state index contributed by atoms with van der Waals surface area (Å²) in [6, 6.07) is 0. The van der Waals surface area contributed by atoms with E-state index in [-0.39, 0.29) is 18.6 Å². The zero-order valence-electron chi connectivity index (χ0n) is 10.5. The van der Waals surface area contributed by atoms with Crippen LogP contribution in [0.1, 0.15) is 28.2 Å². The SMILES string of the molecule is Cc1nnsc1C(=O)N1CCC(OCC(=O)O)CC1. The highest BCUT2D eigenvalue weighted by atomic mass is 32.1.